The predicted molar refractivity (Wildman–Crippen MR) is 128 cm³/mol. The van der Waals surface area contributed by atoms with Crippen molar-refractivity contribution in [3.8, 4) is 18.4 Å². The summed E-state index contributed by atoms with van der Waals surface area (Å²) in [6, 6.07) is 4.08. The van der Waals surface area contributed by atoms with Gasteiger partial charge in [0.05, 0.1) is 35.4 Å². The van der Waals surface area contributed by atoms with Crippen molar-refractivity contribution in [3.05, 3.63) is 29.8 Å². The Morgan fingerprint density at radius 3 is 2.71 bits per heavy atom. The summed E-state index contributed by atoms with van der Waals surface area (Å²) in [4.78, 5) is 35.2. The Bertz CT molecular complexity index is 1200. The number of aromatic amines is 1. The van der Waals surface area contributed by atoms with E-state index in [-0.39, 0.29) is 30.9 Å². The highest BCUT2D eigenvalue weighted by atomic mass is 19.1. The average Bonchev–Trinajstić information content (AvgIpc) is 3.45. The molecule has 0 radical (unpaired) electrons. The second-order valence-electron chi connectivity index (χ2n) is 9.34. The molecule has 2 amide bonds. The Morgan fingerprint density at radius 1 is 1.34 bits per heavy atom. The van der Waals surface area contributed by atoms with Crippen molar-refractivity contribution in [2.24, 2.45) is 15.6 Å². The number of terminal acetylenes is 1. The number of hydrogen-bond donors (Lipinski definition) is 2. The number of benzene rings is 1. The first kappa shape index (κ1) is 25.8. The molecule has 0 fully saturated rings. The molecule has 35 heavy (non-hydrogen) atoms. The summed E-state index contributed by atoms with van der Waals surface area (Å²) in [5.41, 5.74) is -0.377. The maximum absolute atomic E-state index is 15.0. The van der Waals surface area contributed by atoms with Crippen molar-refractivity contribution < 1.29 is 14.0 Å². The largest absolute Gasteiger partial charge is 0.355 e. The molecule has 1 aliphatic heterocycles. The van der Waals surface area contributed by atoms with Crippen LogP contribution in [0.5, 0.6) is 0 Å². The highest BCUT2D eigenvalue weighted by Crippen LogP contribution is 2.38. The molecule has 1 unspecified atom stereocenters. The highest BCUT2D eigenvalue weighted by molar-refractivity contribution is 5.88. The molecule has 0 spiro atoms. The van der Waals surface area contributed by atoms with Gasteiger partial charge in [-0.25, -0.2) is 9.37 Å². The van der Waals surface area contributed by atoms with Crippen LogP contribution < -0.4 is 5.32 Å². The summed E-state index contributed by atoms with van der Waals surface area (Å²) in [5.74, 6) is 1.26. The second-order valence-corrected chi connectivity index (χ2v) is 9.34. The number of imidazole rings is 1. The Hall–Kier alpha value is -3.79. The van der Waals surface area contributed by atoms with Crippen molar-refractivity contribution >= 4 is 22.8 Å². The van der Waals surface area contributed by atoms with Gasteiger partial charge in [-0.3, -0.25) is 9.59 Å². The average molecular weight is 480 g/mol. The zero-order valence-electron chi connectivity index (χ0n) is 20.3. The standard InChI is InChI=1S/C25H30FN7O2/c1-5-7-11-25(31-32-25)12-10-21(34)33(20(23(35)28-6-2)13-24(3,4)15-27)14-17-18(26)8-9-19-22(17)30-16-29-19/h1,8-9,16,20H,6-7,10-14H2,2-4H3,(H,28,35)(H,29,30). The minimum atomic E-state index is -0.986. The third-order valence-electron chi connectivity index (χ3n) is 6.12. The molecule has 1 aromatic carbocycles. The van der Waals surface area contributed by atoms with Gasteiger partial charge in [0, 0.05) is 37.8 Å². The number of carbonyl (C=O) groups is 2. The third-order valence-corrected chi connectivity index (χ3v) is 6.12. The monoisotopic (exact) mass is 479 g/mol. The quantitative estimate of drug-likeness (QED) is 0.449. The molecule has 184 valence electrons. The fourth-order valence-electron chi connectivity index (χ4n) is 4.02. The Balaban J connectivity index is 1.95. The van der Waals surface area contributed by atoms with Gasteiger partial charge in [0.1, 0.15) is 11.9 Å². The fraction of sp³-hybridized carbons (Fsp3) is 0.520. The lowest BCUT2D eigenvalue weighted by molar-refractivity contribution is -0.142. The van der Waals surface area contributed by atoms with Crippen LogP contribution in [0.1, 0.15) is 58.4 Å². The number of likely N-dealkylation sites (N-methyl/N-ethyl adjacent to an activating group) is 1. The van der Waals surface area contributed by atoms with Crippen molar-refractivity contribution in [2.45, 2.75) is 71.1 Å². The molecule has 1 aliphatic rings. The first-order valence-corrected chi connectivity index (χ1v) is 11.6. The minimum Gasteiger partial charge on any atom is -0.355 e. The number of carbonyl (C=O) groups excluding carboxylic acids is 2. The summed E-state index contributed by atoms with van der Waals surface area (Å²) in [5, 5.41) is 20.5. The topological polar surface area (TPSA) is 127 Å². The highest BCUT2D eigenvalue weighted by Gasteiger charge is 2.41. The maximum atomic E-state index is 15.0. The Morgan fingerprint density at radius 2 is 2.09 bits per heavy atom. The zero-order valence-corrected chi connectivity index (χ0v) is 20.3. The number of amides is 2. The summed E-state index contributed by atoms with van der Waals surface area (Å²) < 4.78 is 15.0. The van der Waals surface area contributed by atoms with Crippen LogP contribution in [-0.4, -0.2) is 44.9 Å². The molecule has 2 aromatic rings. The molecule has 1 atom stereocenters. The van der Waals surface area contributed by atoms with Crippen molar-refractivity contribution in [1.82, 2.24) is 20.2 Å². The summed E-state index contributed by atoms with van der Waals surface area (Å²) >= 11 is 0. The van der Waals surface area contributed by atoms with E-state index in [0.29, 0.717) is 36.8 Å². The number of nitrogens with zero attached hydrogens (tertiary/aromatic N) is 5. The zero-order chi connectivity index (χ0) is 25.6. The van der Waals surface area contributed by atoms with E-state index in [9.17, 15) is 19.2 Å². The molecular formula is C25H30FN7O2. The predicted octanol–water partition coefficient (Wildman–Crippen LogP) is 3.83. The Labute approximate surface area is 204 Å². The molecule has 1 aromatic heterocycles. The van der Waals surface area contributed by atoms with E-state index in [2.05, 4.69) is 37.5 Å². The first-order chi connectivity index (χ1) is 16.6. The molecule has 0 aliphatic carbocycles. The lowest BCUT2D eigenvalue weighted by Gasteiger charge is -2.34. The van der Waals surface area contributed by atoms with E-state index in [1.165, 1.54) is 17.3 Å². The first-order valence-electron chi connectivity index (χ1n) is 11.6. The van der Waals surface area contributed by atoms with Crippen LogP contribution in [0.15, 0.2) is 28.7 Å². The SMILES string of the molecule is C#CCCC1(CCC(=O)N(Cc2c(F)ccc3[nH]cnc23)C(CC(C)(C)C#N)C(=O)NCC)N=N1. The number of halogens is 1. The molecule has 2 N–H and O–H groups in total. The number of fused-ring (bicyclic) bond motifs is 1. The van der Waals surface area contributed by atoms with E-state index in [1.54, 1.807) is 26.8 Å². The van der Waals surface area contributed by atoms with Gasteiger partial charge < -0.3 is 15.2 Å². The molecule has 0 saturated carbocycles. The molecule has 0 saturated heterocycles. The van der Waals surface area contributed by atoms with Gasteiger partial charge in [-0.15, -0.1) is 12.3 Å². The number of hydrogen-bond acceptors (Lipinski definition) is 6. The van der Waals surface area contributed by atoms with Gasteiger partial charge in [0.2, 0.25) is 11.8 Å². The minimum absolute atomic E-state index is 0.0403. The van der Waals surface area contributed by atoms with Crippen molar-refractivity contribution in [2.75, 3.05) is 6.54 Å². The van der Waals surface area contributed by atoms with Gasteiger partial charge in [0.25, 0.3) is 0 Å². The summed E-state index contributed by atoms with van der Waals surface area (Å²) in [6.07, 6.45) is 8.28. The summed E-state index contributed by atoms with van der Waals surface area (Å²) in [6.45, 7) is 5.34. The fourth-order valence-corrected chi connectivity index (χ4v) is 4.02. The number of nitriles is 1. The lowest BCUT2D eigenvalue weighted by atomic mass is 9.86. The molecule has 3 rings (SSSR count). The van der Waals surface area contributed by atoms with Crippen LogP contribution in [0.2, 0.25) is 0 Å². The van der Waals surface area contributed by atoms with Gasteiger partial charge in [-0.05, 0) is 39.3 Å². The van der Waals surface area contributed by atoms with Gasteiger partial charge >= 0.3 is 0 Å². The number of rotatable bonds is 12. The lowest BCUT2D eigenvalue weighted by Crippen LogP contribution is -2.51. The molecule has 2 heterocycles. The molecular weight excluding hydrogens is 449 g/mol. The van der Waals surface area contributed by atoms with E-state index < -0.39 is 28.8 Å². The van der Waals surface area contributed by atoms with E-state index in [1.807, 2.05) is 0 Å². The van der Waals surface area contributed by atoms with E-state index >= 15 is 0 Å². The summed E-state index contributed by atoms with van der Waals surface area (Å²) in [7, 11) is 0. The van der Waals surface area contributed by atoms with Crippen LogP contribution in [-0.2, 0) is 16.1 Å². The molecule has 9 nitrogen and oxygen atoms in total. The normalized spacial score (nSPS) is 14.7. The van der Waals surface area contributed by atoms with Crippen LogP contribution >= 0.6 is 0 Å². The molecule has 10 heteroatoms. The van der Waals surface area contributed by atoms with E-state index in [4.69, 9.17) is 6.42 Å². The van der Waals surface area contributed by atoms with Crippen molar-refractivity contribution in [3.63, 3.8) is 0 Å². The number of aromatic nitrogens is 2. The maximum Gasteiger partial charge on any atom is 0.242 e. The van der Waals surface area contributed by atoms with Crippen molar-refractivity contribution in [1.29, 1.82) is 5.26 Å². The van der Waals surface area contributed by atoms with Crippen LogP contribution in [0, 0.1) is 34.9 Å². The van der Waals surface area contributed by atoms with Crippen LogP contribution in [0.4, 0.5) is 4.39 Å². The van der Waals surface area contributed by atoms with E-state index in [0.717, 1.165) is 0 Å². The van der Waals surface area contributed by atoms with Crippen LogP contribution in [0.3, 0.4) is 0 Å². The Kier molecular flexibility index (Phi) is 7.85. The van der Waals surface area contributed by atoms with Gasteiger partial charge in [0.15, 0.2) is 5.66 Å². The number of nitrogens with one attached hydrogen (secondary N) is 2. The smallest absolute Gasteiger partial charge is 0.242 e. The van der Waals surface area contributed by atoms with Crippen LogP contribution in [0.25, 0.3) is 11.0 Å². The van der Waals surface area contributed by atoms with Gasteiger partial charge in [-0.2, -0.15) is 15.5 Å². The number of H-pyrrole nitrogens is 1. The van der Waals surface area contributed by atoms with Gasteiger partial charge in [-0.1, -0.05) is 0 Å². The second kappa shape index (κ2) is 10.6. The third kappa shape index (κ3) is 6.21. The molecule has 0 bridgehead atoms.